The summed E-state index contributed by atoms with van der Waals surface area (Å²) in [6, 6.07) is 0.489. The fourth-order valence-electron chi connectivity index (χ4n) is 2.71. The molecule has 1 heterocycles. The molecule has 1 rings (SSSR count). The number of hydrogen-bond acceptors (Lipinski definition) is 3. The van der Waals surface area contributed by atoms with E-state index >= 15 is 0 Å². The zero-order chi connectivity index (χ0) is 15.2. The van der Waals surface area contributed by atoms with Gasteiger partial charge < -0.3 is 10.1 Å². The topological polar surface area (TPSA) is 39.1 Å². The third kappa shape index (κ3) is 4.86. The minimum absolute atomic E-state index is 0.0588. The van der Waals surface area contributed by atoms with Gasteiger partial charge in [0.25, 0.3) is 0 Å². The maximum Gasteiger partial charge on any atom is 0.0659 e. The summed E-state index contributed by atoms with van der Waals surface area (Å²) in [6.07, 6.45) is 4.13. The monoisotopic (exact) mass is 345 g/mol. The number of nitrogens with one attached hydrogen (secondary N) is 1. The second-order valence-corrected chi connectivity index (χ2v) is 6.85. The van der Waals surface area contributed by atoms with Crippen LogP contribution in [0.15, 0.2) is 10.7 Å². The Bertz CT molecular complexity index is 404. The highest BCUT2D eigenvalue weighted by molar-refractivity contribution is 9.10. The quantitative estimate of drug-likeness (QED) is 0.745. The Labute approximate surface area is 131 Å². The predicted molar refractivity (Wildman–Crippen MR) is 87.2 cm³/mol. The van der Waals surface area contributed by atoms with Gasteiger partial charge in [0.05, 0.1) is 29.5 Å². The summed E-state index contributed by atoms with van der Waals surface area (Å²) in [7, 11) is 1.72. The van der Waals surface area contributed by atoms with Crippen LogP contribution in [0.4, 0.5) is 0 Å². The zero-order valence-corrected chi connectivity index (χ0v) is 15.0. The smallest absolute Gasteiger partial charge is 0.0659 e. The zero-order valence-electron chi connectivity index (χ0n) is 13.4. The molecule has 20 heavy (non-hydrogen) atoms. The third-order valence-electron chi connectivity index (χ3n) is 3.50. The Morgan fingerprint density at radius 1 is 1.50 bits per heavy atom. The van der Waals surface area contributed by atoms with E-state index in [1.807, 2.05) is 6.20 Å². The fourth-order valence-corrected chi connectivity index (χ4v) is 3.54. The number of nitrogens with zero attached hydrogens (tertiary/aromatic N) is 2. The first-order chi connectivity index (χ1) is 9.42. The van der Waals surface area contributed by atoms with E-state index in [1.165, 1.54) is 12.1 Å². The number of halogens is 1. The molecule has 0 radical (unpaired) electrons. The maximum absolute atomic E-state index is 5.17. The van der Waals surface area contributed by atoms with Crippen LogP contribution < -0.4 is 5.32 Å². The average molecular weight is 346 g/mol. The molecule has 0 aliphatic heterocycles. The van der Waals surface area contributed by atoms with Gasteiger partial charge in [0.2, 0.25) is 0 Å². The van der Waals surface area contributed by atoms with Gasteiger partial charge in [-0.3, -0.25) is 4.68 Å². The maximum atomic E-state index is 5.17. The van der Waals surface area contributed by atoms with Gasteiger partial charge in [-0.25, -0.2) is 0 Å². The van der Waals surface area contributed by atoms with Crippen molar-refractivity contribution in [2.45, 2.75) is 58.5 Å². The first-order valence-corrected chi connectivity index (χ1v) is 8.15. The summed E-state index contributed by atoms with van der Waals surface area (Å²) >= 11 is 3.64. The molecule has 0 spiro atoms. The largest absolute Gasteiger partial charge is 0.383 e. The van der Waals surface area contributed by atoms with Gasteiger partial charge in [-0.2, -0.15) is 5.10 Å². The van der Waals surface area contributed by atoms with Crippen molar-refractivity contribution in [3.63, 3.8) is 0 Å². The number of aromatic nitrogens is 2. The molecule has 116 valence electrons. The van der Waals surface area contributed by atoms with E-state index < -0.39 is 0 Å². The van der Waals surface area contributed by atoms with Gasteiger partial charge >= 0.3 is 0 Å². The molecule has 1 atom stereocenters. The Morgan fingerprint density at radius 3 is 2.80 bits per heavy atom. The molecular formula is C15H28BrN3O. The first kappa shape index (κ1) is 17.7. The SMILES string of the molecule is CCCNC(C)CC(C)(C)c1c(Br)cnn1CCOC. The van der Waals surface area contributed by atoms with Gasteiger partial charge in [0.1, 0.15) is 0 Å². The van der Waals surface area contributed by atoms with E-state index in [9.17, 15) is 0 Å². The highest BCUT2D eigenvalue weighted by Gasteiger charge is 2.29. The normalized spacial score (nSPS) is 13.7. The van der Waals surface area contributed by atoms with Crippen molar-refractivity contribution >= 4 is 15.9 Å². The molecular weight excluding hydrogens is 318 g/mol. The summed E-state index contributed by atoms with van der Waals surface area (Å²) in [4.78, 5) is 0. The number of hydrogen-bond donors (Lipinski definition) is 1. The first-order valence-electron chi connectivity index (χ1n) is 7.36. The molecule has 0 aliphatic rings. The van der Waals surface area contributed by atoms with Crippen LogP contribution in [0.5, 0.6) is 0 Å². The second-order valence-electron chi connectivity index (χ2n) is 6.00. The lowest BCUT2D eigenvalue weighted by molar-refractivity contribution is 0.180. The van der Waals surface area contributed by atoms with Gasteiger partial charge in [0.15, 0.2) is 0 Å². The summed E-state index contributed by atoms with van der Waals surface area (Å²) in [5.74, 6) is 0. The van der Waals surface area contributed by atoms with Crippen LogP contribution in [-0.4, -0.2) is 36.1 Å². The van der Waals surface area contributed by atoms with Gasteiger partial charge in [-0.1, -0.05) is 20.8 Å². The van der Waals surface area contributed by atoms with Crippen molar-refractivity contribution in [2.75, 3.05) is 20.3 Å². The van der Waals surface area contributed by atoms with E-state index in [0.29, 0.717) is 12.6 Å². The van der Waals surface area contributed by atoms with E-state index in [4.69, 9.17) is 4.74 Å². The molecule has 0 aliphatic carbocycles. The van der Waals surface area contributed by atoms with E-state index in [2.05, 4.69) is 58.7 Å². The van der Waals surface area contributed by atoms with Crippen molar-refractivity contribution in [3.8, 4) is 0 Å². The van der Waals surface area contributed by atoms with Crippen LogP contribution >= 0.6 is 15.9 Å². The molecule has 1 aromatic heterocycles. The third-order valence-corrected chi connectivity index (χ3v) is 4.08. The lowest BCUT2D eigenvalue weighted by Gasteiger charge is -2.30. The number of methoxy groups -OCH3 is 1. The summed E-state index contributed by atoms with van der Waals surface area (Å²) in [5, 5.41) is 8.02. The molecule has 0 bridgehead atoms. The molecule has 0 amide bonds. The van der Waals surface area contributed by atoms with Crippen LogP contribution in [0.3, 0.4) is 0 Å². The van der Waals surface area contributed by atoms with Crippen LogP contribution in [0.1, 0.15) is 46.2 Å². The molecule has 1 unspecified atom stereocenters. The molecule has 1 N–H and O–H groups in total. The number of rotatable bonds is 9. The lowest BCUT2D eigenvalue weighted by Crippen LogP contribution is -2.35. The molecule has 0 saturated heterocycles. The van der Waals surface area contributed by atoms with Crippen molar-refractivity contribution in [2.24, 2.45) is 0 Å². The van der Waals surface area contributed by atoms with Crippen LogP contribution in [0.25, 0.3) is 0 Å². The van der Waals surface area contributed by atoms with E-state index in [0.717, 1.165) is 24.0 Å². The highest BCUT2D eigenvalue weighted by Crippen LogP contribution is 2.33. The Kier molecular flexibility index (Phi) is 7.20. The number of ether oxygens (including phenoxy) is 1. The molecule has 0 fully saturated rings. The molecule has 1 aromatic rings. The minimum Gasteiger partial charge on any atom is -0.383 e. The van der Waals surface area contributed by atoms with Crippen LogP contribution in [0.2, 0.25) is 0 Å². The average Bonchev–Trinajstić information content (AvgIpc) is 2.75. The standard InChI is InChI=1S/C15H28BrN3O/c1-6-7-17-12(2)10-15(3,4)14-13(16)11-18-19(14)8-9-20-5/h11-12,17H,6-10H2,1-5H3. The van der Waals surface area contributed by atoms with Crippen molar-refractivity contribution in [1.29, 1.82) is 0 Å². The van der Waals surface area contributed by atoms with Crippen molar-refractivity contribution in [3.05, 3.63) is 16.4 Å². The van der Waals surface area contributed by atoms with E-state index in [1.54, 1.807) is 7.11 Å². The Hall–Kier alpha value is -0.390. The van der Waals surface area contributed by atoms with Crippen LogP contribution in [-0.2, 0) is 16.7 Å². The Balaban J connectivity index is 2.82. The van der Waals surface area contributed by atoms with Gasteiger partial charge in [-0.05, 0) is 42.2 Å². The second kappa shape index (κ2) is 8.15. The summed E-state index contributed by atoms with van der Waals surface area (Å²) in [5.41, 5.74) is 1.31. The van der Waals surface area contributed by atoms with E-state index in [-0.39, 0.29) is 5.41 Å². The van der Waals surface area contributed by atoms with Crippen LogP contribution in [0, 0.1) is 0 Å². The Morgan fingerprint density at radius 2 is 2.20 bits per heavy atom. The molecule has 0 saturated carbocycles. The summed E-state index contributed by atoms with van der Waals surface area (Å²) in [6.45, 7) is 11.5. The highest BCUT2D eigenvalue weighted by atomic mass is 79.9. The molecule has 5 heteroatoms. The lowest BCUT2D eigenvalue weighted by atomic mass is 9.82. The summed E-state index contributed by atoms with van der Waals surface area (Å²) < 4.78 is 8.31. The van der Waals surface area contributed by atoms with Crippen molar-refractivity contribution in [1.82, 2.24) is 15.1 Å². The fraction of sp³-hybridized carbons (Fsp3) is 0.800. The molecule has 0 aromatic carbocycles. The van der Waals surface area contributed by atoms with Gasteiger partial charge in [0, 0.05) is 18.6 Å². The minimum atomic E-state index is 0.0588. The van der Waals surface area contributed by atoms with Gasteiger partial charge in [-0.15, -0.1) is 0 Å². The van der Waals surface area contributed by atoms with Crippen molar-refractivity contribution < 1.29 is 4.74 Å². The molecule has 4 nitrogen and oxygen atoms in total. The predicted octanol–water partition coefficient (Wildman–Crippen LogP) is 3.35.